The fraction of sp³-hybridized carbons (Fsp3) is 0.833. The molecule has 2 rings (SSSR count). The molecule has 2 fully saturated rings. The van der Waals surface area contributed by atoms with E-state index in [9.17, 15) is 9.59 Å². The molecule has 1 aliphatic carbocycles. The Kier molecular flexibility index (Phi) is 3.28. The average Bonchev–Trinajstić information content (AvgIpc) is 3.03. The lowest BCUT2D eigenvalue weighted by Gasteiger charge is -2.23. The van der Waals surface area contributed by atoms with Gasteiger partial charge >= 0.3 is 0 Å². The first-order chi connectivity index (χ1) is 7.69. The van der Waals surface area contributed by atoms with Crippen molar-refractivity contribution in [1.82, 2.24) is 10.2 Å². The second-order valence-corrected chi connectivity index (χ2v) is 4.80. The van der Waals surface area contributed by atoms with E-state index in [2.05, 4.69) is 19.2 Å². The van der Waals surface area contributed by atoms with Gasteiger partial charge in [0, 0.05) is 12.6 Å². The number of hydrogen-bond donors (Lipinski definition) is 1. The lowest BCUT2D eigenvalue weighted by atomic mass is 10.2. The lowest BCUT2D eigenvalue weighted by Crippen LogP contribution is -2.44. The lowest BCUT2D eigenvalue weighted by molar-refractivity contribution is -0.141. The van der Waals surface area contributed by atoms with Gasteiger partial charge in [-0.25, -0.2) is 0 Å². The van der Waals surface area contributed by atoms with E-state index >= 15 is 0 Å². The quantitative estimate of drug-likeness (QED) is 0.678. The van der Waals surface area contributed by atoms with Gasteiger partial charge < -0.3 is 5.32 Å². The summed E-state index contributed by atoms with van der Waals surface area (Å²) in [6.45, 7) is 5.70. The molecule has 4 heteroatoms. The summed E-state index contributed by atoms with van der Waals surface area (Å²) in [5.41, 5.74) is 0. The van der Waals surface area contributed by atoms with E-state index < -0.39 is 0 Å². The average molecular weight is 224 g/mol. The van der Waals surface area contributed by atoms with Gasteiger partial charge in [-0.1, -0.05) is 13.8 Å². The Morgan fingerprint density at radius 2 is 1.94 bits per heavy atom. The van der Waals surface area contributed by atoms with Crippen molar-refractivity contribution in [2.45, 2.75) is 39.2 Å². The SMILES string of the molecule is CCCNC(CC)CN1C(=O)C2CC2C1=O. The van der Waals surface area contributed by atoms with E-state index in [4.69, 9.17) is 0 Å². The van der Waals surface area contributed by atoms with Crippen LogP contribution in [0.1, 0.15) is 33.1 Å². The fourth-order valence-electron chi connectivity index (χ4n) is 2.34. The van der Waals surface area contributed by atoms with Crippen molar-refractivity contribution in [3.63, 3.8) is 0 Å². The number of nitrogens with zero attached hydrogens (tertiary/aromatic N) is 1. The molecule has 2 amide bonds. The van der Waals surface area contributed by atoms with Crippen molar-refractivity contribution in [3.05, 3.63) is 0 Å². The van der Waals surface area contributed by atoms with Gasteiger partial charge in [0.1, 0.15) is 0 Å². The number of likely N-dealkylation sites (tertiary alicyclic amines) is 1. The first-order valence-electron chi connectivity index (χ1n) is 6.27. The van der Waals surface area contributed by atoms with Gasteiger partial charge in [0.15, 0.2) is 0 Å². The minimum Gasteiger partial charge on any atom is -0.312 e. The molecule has 1 saturated heterocycles. The predicted octanol–water partition coefficient (Wildman–Crippen LogP) is 0.769. The molecule has 16 heavy (non-hydrogen) atoms. The third kappa shape index (κ3) is 1.98. The molecule has 3 unspecified atom stereocenters. The highest BCUT2D eigenvalue weighted by molar-refractivity contribution is 6.08. The molecule has 1 N–H and O–H groups in total. The van der Waals surface area contributed by atoms with Crippen LogP contribution < -0.4 is 5.32 Å². The summed E-state index contributed by atoms with van der Waals surface area (Å²) in [6.07, 6.45) is 2.82. The van der Waals surface area contributed by atoms with Crippen LogP contribution in [0.15, 0.2) is 0 Å². The number of carbonyl (C=O) groups excluding carboxylic acids is 2. The van der Waals surface area contributed by atoms with Gasteiger partial charge in [-0.15, -0.1) is 0 Å². The van der Waals surface area contributed by atoms with Crippen LogP contribution in [0.4, 0.5) is 0 Å². The van der Waals surface area contributed by atoms with Crippen molar-refractivity contribution in [2.24, 2.45) is 11.8 Å². The summed E-state index contributed by atoms with van der Waals surface area (Å²) >= 11 is 0. The molecule has 90 valence electrons. The monoisotopic (exact) mass is 224 g/mol. The normalized spacial score (nSPS) is 29.5. The van der Waals surface area contributed by atoms with Crippen molar-refractivity contribution < 1.29 is 9.59 Å². The van der Waals surface area contributed by atoms with Gasteiger partial charge in [-0.05, 0) is 25.8 Å². The molecule has 0 aromatic rings. The Bertz CT molecular complexity index is 283. The molecule has 1 heterocycles. The molecule has 0 bridgehead atoms. The number of carbonyl (C=O) groups is 2. The summed E-state index contributed by atoms with van der Waals surface area (Å²) in [7, 11) is 0. The summed E-state index contributed by atoms with van der Waals surface area (Å²) in [5.74, 6) is 0.200. The molecule has 2 aliphatic rings. The zero-order chi connectivity index (χ0) is 11.7. The number of amides is 2. The van der Waals surface area contributed by atoms with Crippen molar-refractivity contribution in [1.29, 1.82) is 0 Å². The molecule has 0 aromatic carbocycles. The number of imide groups is 1. The van der Waals surface area contributed by atoms with Crippen LogP contribution in [0.3, 0.4) is 0 Å². The third-order valence-corrected chi connectivity index (χ3v) is 3.54. The number of nitrogens with one attached hydrogen (secondary N) is 1. The number of piperidine rings is 1. The number of rotatable bonds is 6. The summed E-state index contributed by atoms with van der Waals surface area (Å²) in [4.78, 5) is 25.0. The summed E-state index contributed by atoms with van der Waals surface area (Å²) in [6, 6.07) is 0.255. The Balaban J connectivity index is 1.88. The number of hydrogen-bond acceptors (Lipinski definition) is 3. The first kappa shape index (κ1) is 11.6. The molecule has 3 atom stereocenters. The van der Waals surface area contributed by atoms with Crippen molar-refractivity contribution in [2.75, 3.05) is 13.1 Å². The van der Waals surface area contributed by atoms with E-state index in [1.807, 2.05) is 0 Å². The van der Waals surface area contributed by atoms with Crippen LogP contribution in [-0.4, -0.2) is 35.8 Å². The maximum Gasteiger partial charge on any atom is 0.233 e. The van der Waals surface area contributed by atoms with Gasteiger partial charge in [-0.3, -0.25) is 14.5 Å². The standard InChI is InChI=1S/C12H20N2O2/c1-3-5-13-8(4-2)7-14-11(15)9-6-10(9)12(14)16/h8-10,13H,3-7H2,1-2H3. The van der Waals surface area contributed by atoms with Gasteiger partial charge in [0.2, 0.25) is 11.8 Å². The van der Waals surface area contributed by atoms with Crippen LogP contribution in [0.5, 0.6) is 0 Å². The second kappa shape index (κ2) is 4.53. The van der Waals surface area contributed by atoms with E-state index in [0.29, 0.717) is 6.54 Å². The third-order valence-electron chi connectivity index (χ3n) is 3.54. The molecule has 0 spiro atoms. The molecular weight excluding hydrogens is 204 g/mol. The van der Waals surface area contributed by atoms with E-state index in [1.165, 1.54) is 4.90 Å². The van der Waals surface area contributed by atoms with Crippen LogP contribution in [0, 0.1) is 11.8 Å². The molecule has 0 radical (unpaired) electrons. The van der Waals surface area contributed by atoms with Crippen LogP contribution in [0.2, 0.25) is 0 Å². The Morgan fingerprint density at radius 1 is 1.31 bits per heavy atom. The smallest absolute Gasteiger partial charge is 0.233 e. The minimum absolute atomic E-state index is 0.0381. The predicted molar refractivity (Wildman–Crippen MR) is 60.7 cm³/mol. The van der Waals surface area contributed by atoms with Crippen LogP contribution in [-0.2, 0) is 9.59 Å². The van der Waals surface area contributed by atoms with Crippen LogP contribution in [0.25, 0.3) is 0 Å². The zero-order valence-electron chi connectivity index (χ0n) is 10.0. The molecule has 4 nitrogen and oxygen atoms in total. The van der Waals surface area contributed by atoms with Crippen LogP contribution >= 0.6 is 0 Å². The fourth-order valence-corrected chi connectivity index (χ4v) is 2.34. The highest BCUT2D eigenvalue weighted by Crippen LogP contribution is 2.46. The van der Waals surface area contributed by atoms with E-state index in [1.54, 1.807) is 0 Å². The topological polar surface area (TPSA) is 49.4 Å². The Labute approximate surface area is 96.4 Å². The second-order valence-electron chi connectivity index (χ2n) is 4.80. The Hall–Kier alpha value is -0.900. The largest absolute Gasteiger partial charge is 0.312 e. The zero-order valence-corrected chi connectivity index (χ0v) is 10.0. The molecule has 0 aromatic heterocycles. The molecular formula is C12H20N2O2. The van der Waals surface area contributed by atoms with Gasteiger partial charge in [-0.2, -0.15) is 0 Å². The highest BCUT2D eigenvalue weighted by atomic mass is 16.2. The van der Waals surface area contributed by atoms with E-state index in [0.717, 1.165) is 25.8 Å². The Morgan fingerprint density at radius 3 is 2.44 bits per heavy atom. The summed E-state index contributed by atoms with van der Waals surface area (Å²) < 4.78 is 0. The minimum atomic E-state index is 0.0381. The summed E-state index contributed by atoms with van der Waals surface area (Å²) in [5, 5.41) is 3.37. The van der Waals surface area contributed by atoms with E-state index in [-0.39, 0.29) is 29.7 Å². The number of fused-ring (bicyclic) bond motifs is 1. The van der Waals surface area contributed by atoms with Gasteiger partial charge in [0.05, 0.1) is 11.8 Å². The first-order valence-corrected chi connectivity index (χ1v) is 6.27. The van der Waals surface area contributed by atoms with Crippen molar-refractivity contribution >= 4 is 11.8 Å². The maximum absolute atomic E-state index is 11.8. The highest BCUT2D eigenvalue weighted by Gasteiger charge is 2.58. The molecule has 1 aliphatic heterocycles. The van der Waals surface area contributed by atoms with Gasteiger partial charge in [0.25, 0.3) is 0 Å². The van der Waals surface area contributed by atoms with Crippen molar-refractivity contribution in [3.8, 4) is 0 Å². The molecule has 1 saturated carbocycles. The maximum atomic E-state index is 11.8.